The Kier molecular flexibility index (Phi) is 6.95. The Morgan fingerprint density at radius 2 is 1.94 bits per heavy atom. The zero-order valence-electron chi connectivity index (χ0n) is 19.7. The van der Waals surface area contributed by atoms with Gasteiger partial charge in [-0.2, -0.15) is 0 Å². The van der Waals surface area contributed by atoms with Crippen LogP contribution in [0.4, 0.5) is 14.6 Å². The third kappa shape index (κ3) is 4.80. The second kappa shape index (κ2) is 10.1. The standard InChI is InChI=1S/C26H26F2N4O3/c1-4-5-16-11-17(12-20(28)24(16)26(33)34)21-13-23(31-14-30-21)29-8-9-32-15(2)10-18-22(32)7-6-19(27)25(18)35-3/h6-7,10-14H,4-5,8-9H2,1-3H3,(H,33,34)(H,29,30,31). The second-order valence-electron chi connectivity index (χ2n) is 8.21. The molecule has 0 aliphatic rings. The van der Waals surface area contributed by atoms with Crippen molar-refractivity contribution in [2.75, 3.05) is 19.0 Å². The van der Waals surface area contributed by atoms with E-state index in [9.17, 15) is 18.7 Å². The molecule has 2 aromatic carbocycles. The van der Waals surface area contributed by atoms with Crippen molar-refractivity contribution in [3.05, 3.63) is 71.2 Å². The lowest BCUT2D eigenvalue weighted by molar-refractivity contribution is 0.0690. The monoisotopic (exact) mass is 480 g/mol. The van der Waals surface area contributed by atoms with E-state index in [2.05, 4.69) is 19.9 Å². The van der Waals surface area contributed by atoms with E-state index in [1.807, 2.05) is 19.9 Å². The zero-order valence-corrected chi connectivity index (χ0v) is 19.7. The minimum Gasteiger partial charge on any atom is -0.493 e. The molecule has 182 valence electrons. The van der Waals surface area contributed by atoms with Crippen LogP contribution in [0.1, 0.15) is 35.0 Å². The zero-order chi connectivity index (χ0) is 25.1. The highest BCUT2D eigenvalue weighted by Gasteiger charge is 2.18. The Hall–Kier alpha value is -4.01. The molecular formula is C26H26F2N4O3. The molecule has 9 heteroatoms. The van der Waals surface area contributed by atoms with E-state index in [0.717, 1.165) is 11.2 Å². The smallest absolute Gasteiger partial charge is 0.338 e. The van der Waals surface area contributed by atoms with E-state index < -0.39 is 17.6 Å². The Morgan fingerprint density at radius 1 is 1.14 bits per heavy atom. The Morgan fingerprint density at radius 3 is 2.66 bits per heavy atom. The van der Waals surface area contributed by atoms with Crippen molar-refractivity contribution in [1.29, 1.82) is 0 Å². The van der Waals surface area contributed by atoms with Gasteiger partial charge in [0.2, 0.25) is 0 Å². The van der Waals surface area contributed by atoms with E-state index >= 15 is 0 Å². The van der Waals surface area contributed by atoms with E-state index in [0.29, 0.717) is 54.0 Å². The second-order valence-corrected chi connectivity index (χ2v) is 8.21. The van der Waals surface area contributed by atoms with Gasteiger partial charge in [-0.3, -0.25) is 0 Å². The molecule has 0 aliphatic heterocycles. The number of carbonyl (C=O) groups is 1. The molecule has 0 amide bonds. The number of hydrogen-bond donors (Lipinski definition) is 2. The number of nitrogens with zero attached hydrogens (tertiary/aromatic N) is 3. The van der Waals surface area contributed by atoms with Crippen molar-refractivity contribution >= 4 is 22.7 Å². The number of aromatic carboxylic acids is 1. The molecule has 4 aromatic rings. The van der Waals surface area contributed by atoms with Crippen molar-refractivity contribution in [1.82, 2.24) is 14.5 Å². The van der Waals surface area contributed by atoms with Crippen molar-refractivity contribution in [3.63, 3.8) is 0 Å². The molecule has 0 fully saturated rings. The molecule has 35 heavy (non-hydrogen) atoms. The number of halogens is 2. The molecule has 7 nitrogen and oxygen atoms in total. The van der Waals surface area contributed by atoms with E-state index in [1.165, 1.54) is 25.6 Å². The molecule has 0 spiro atoms. The summed E-state index contributed by atoms with van der Waals surface area (Å²) in [4.78, 5) is 20.0. The maximum atomic E-state index is 14.6. The first-order valence-electron chi connectivity index (χ1n) is 11.3. The summed E-state index contributed by atoms with van der Waals surface area (Å²) in [6.07, 6.45) is 2.51. The van der Waals surface area contributed by atoms with Gasteiger partial charge in [0.15, 0.2) is 11.6 Å². The molecule has 2 aromatic heterocycles. The number of methoxy groups -OCH3 is 1. The van der Waals surface area contributed by atoms with Gasteiger partial charge in [-0.15, -0.1) is 0 Å². The largest absolute Gasteiger partial charge is 0.493 e. The first kappa shape index (κ1) is 24.1. The van der Waals surface area contributed by atoms with Gasteiger partial charge < -0.3 is 19.7 Å². The number of rotatable bonds is 9. The van der Waals surface area contributed by atoms with Crippen LogP contribution in [-0.4, -0.2) is 39.3 Å². The van der Waals surface area contributed by atoms with Crippen LogP contribution in [0.25, 0.3) is 22.2 Å². The predicted octanol–water partition coefficient (Wildman–Crippen LogP) is 5.46. The van der Waals surface area contributed by atoms with Crippen molar-refractivity contribution in [3.8, 4) is 17.0 Å². The molecule has 0 radical (unpaired) electrons. The van der Waals surface area contributed by atoms with Crippen molar-refractivity contribution in [2.45, 2.75) is 33.2 Å². The number of hydrogen-bond acceptors (Lipinski definition) is 5. The van der Waals surface area contributed by atoms with Crippen LogP contribution in [0, 0.1) is 18.6 Å². The highest BCUT2D eigenvalue weighted by Crippen LogP contribution is 2.31. The number of carboxylic acids is 1. The van der Waals surface area contributed by atoms with Crippen molar-refractivity contribution in [2.24, 2.45) is 0 Å². The van der Waals surface area contributed by atoms with Crippen LogP contribution in [0.15, 0.2) is 42.7 Å². The maximum absolute atomic E-state index is 14.6. The molecule has 0 unspecified atom stereocenters. The van der Waals surface area contributed by atoms with Crippen LogP contribution >= 0.6 is 0 Å². The third-order valence-electron chi connectivity index (χ3n) is 5.91. The van der Waals surface area contributed by atoms with E-state index in [1.54, 1.807) is 18.2 Å². The summed E-state index contributed by atoms with van der Waals surface area (Å²) < 4.78 is 35.9. The summed E-state index contributed by atoms with van der Waals surface area (Å²) in [6, 6.07) is 9.57. The molecular weight excluding hydrogens is 454 g/mol. The van der Waals surface area contributed by atoms with Gasteiger partial charge in [0.25, 0.3) is 0 Å². The molecule has 0 saturated carbocycles. The van der Waals surface area contributed by atoms with Crippen LogP contribution < -0.4 is 10.1 Å². The SMILES string of the molecule is CCCc1cc(-c2cc(NCCn3c(C)cc4c(OC)c(F)ccc43)ncn2)cc(F)c1C(=O)O. The van der Waals surface area contributed by atoms with Crippen LogP contribution in [-0.2, 0) is 13.0 Å². The van der Waals surface area contributed by atoms with Crippen LogP contribution in [0.2, 0.25) is 0 Å². The number of fused-ring (bicyclic) bond motifs is 1. The third-order valence-corrected chi connectivity index (χ3v) is 5.91. The van der Waals surface area contributed by atoms with Gasteiger partial charge in [-0.1, -0.05) is 13.3 Å². The number of nitrogens with one attached hydrogen (secondary N) is 1. The fourth-order valence-electron chi connectivity index (χ4n) is 4.34. The molecule has 2 N–H and O–H groups in total. The fraction of sp³-hybridized carbons (Fsp3) is 0.269. The Bertz CT molecular complexity index is 1400. The summed E-state index contributed by atoms with van der Waals surface area (Å²) in [7, 11) is 1.45. The highest BCUT2D eigenvalue weighted by atomic mass is 19.1. The summed E-state index contributed by atoms with van der Waals surface area (Å²) in [5.41, 5.74) is 2.94. The number of benzene rings is 2. The lowest BCUT2D eigenvalue weighted by atomic mass is 9.98. The minimum atomic E-state index is -1.28. The predicted molar refractivity (Wildman–Crippen MR) is 130 cm³/mol. The number of ether oxygens (including phenoxy) is 1. The van der Waals surface area contributed by atoms with E-state index in [-0.39, 0.29) is 11.3 Å². The number of aryl methyl sites for hydroxylation is 2. The molecule has 0 saturated heterocycles. The summed E-state index contributed by atoms with van der Waals surface area (Å²) in [5.74, 6) is -1.70. The number of carboxylic acid groups (broad SMARTS) is 1. The van der Waals surface area contributed by atoms with Gasteiger partial charge in [-0.05, 0) is 49.2 Å². The fourth-order valence-corrected chi connectivity index (χ4v) is 4.34. The van der Waals surface area contributed by atoms with Gasteiger partial charge in [0.1, 0.15) is 18.0 Å². The first-order valence-corrected chi connectivity index (χ1v) is 11.3. The summed E-state index contributed by atoms with van der Waals surface area (Å²) in [5, 5.41) is 13.3. The maximum Gasteiger partial charge on any atom is 0.338 e. The average Bonchev–Trinajstić information content (AvgIpc) is 3.14. The average molecular weight is 481 g/mol. The van der Waals surface area contributed by atoms with Gasteiger partial charge in [0.05, 0.1) is 23.9 Å². The Labute approximate surface area is 201 Å². The summed E-state index contributed by atoms with van der Waals surface area (Å²) in [6.45, 7) is 4.97. The molecule has 0 aliphatic carbocycles. The first-order chi connectivity index (χ1) is 16.8. The lowest BCUT2D eigenvalue weighted by Gasteiger charge is -2.12. The topological polar surface area (TPSA) is 89.3 Å². The molecule has 0 atom stereocenters. The molecule has 0 bridgehead atoms. The quantitative estimate of drug-likeness (QED) is 0.331. The summed E-state index contributed by atoms with van der Waals surface area (Å²) >= 11 is 0. The molecule has 4 rings (SSSR count). The molecule has 2 heterocycles. The number of aromatic nitrogens is 3. The lowest BCUT2D eigenvalue weighted by Crippen LogP contribution is -2.12. The number of anilines is 1. The minimum absolute atomic E-state index is 0.223. The Balaban J connectivity index is 1.55. The highest BCUT2D eigenvalue weighted by molar-refractivity contribution is 5.91. The van der Waals surface area contributed by atoms with Gasteiger partial charge >= 0.3 is 5.97 Å². The van der Waals surface area contributed by atoms with Crippen molar-refractivity contribution < 1.29 is 23.4 Å². The van der Waals surface area contributed by atoms with Gasteiger partial charge in [-0.25, -0.2) is 23.5 Å². The van der Waals surface area contributed by atoms with Crippen LogP contribution in [0.3, 0.4) is 0 Å². The van der Waals surface area contributed by atoms with Gasteiger partial charge in [0, 0.05) is 35.8 Å². The van der Waals surface area contributed by atoms with E-state index in [4.69, 9.17) is 4.74 Å². The van der Waals surface area contributed by atoms with Crippen LogP contribution in [0.5, 0.6) is 5.75 Å². The normalized spacial score (nSPS) is 11.1.